The van der Waals surface area contributed by atoms with Crippen molar-refractivity contribution in [2.75, 3.05) is 7.11 Å². The first-order valence-electron chi connectivity index (χ1n) is 6.99. The van der Waals surface area contributed by atoms with E-state index in [0.717, 1.165) is 0 Å². The topological polar surface area (TPSA) is 81.0 Å². The second-order valence-corrected chi connectivity index (χ2v) is 5.77. The number of carbonyl (C=O) groups excluding carboxylic acids is 1. The van der Waals surface area contributed by atoms with Gasteiger partial charge in [-0.05, 0) is 12.1 Å². The minimum atomic E-state index is -0.289. The largest absolute Gasteiger partial charge is 0.495 e. The molecule has 5 nitrogen and oxygen atoms in total. The Morgan fingerprint density at radius 2 is 2.12 bits per heavy atom. The van der Waals surface area contributed by atoms with Crippen LogP contribution in [0, 0.1) is 0 Å². The van der Waals surface area contributed by atoms with Crippen molar-refractivity contribution in [3.63, 3.8) is 0 Å². The number of benzene rings is 1. The predicted molar refractivity (Wildman–Crippen MR) is 95.6 cm³/mol. The maximum Gasteiger partial charge on any atom is 0.197 e. The van der Waals surface area contributed by atoms with Crippen LogP contribution in [0.1, 0.15) is 15.9 Å². The van der Waals surface area contributed by atoms with Crippen molar-refractivity contribution in [3.8, 4) is 5.75 Å². The third-order valence-corrected chi connectivity index (χ3v) is 4.46. The van der Waals surface area contributed by atoms with Crippen LogP contribution < -0.4 is 10.5 Å². The molecule has 2 aromatic heterocycles. The molecule has 0 unspecified atom stereocenters. The molecule has 0 atom stereocenters. The highest BCUT2D eigenvalue weighted by atomic mass is 35.5. The molecule has 122 valence electrons. The average molecular weight is 362 g/mol. The molecule has 0 radical (unpaired) electrons. The number of H-pyrrole nitrogens is 1. The Labute approximate surface area is 148 Å². The molecular formula is C17H13Cl2N3O2. The minimum Gasteiger partial charge on any atom is -0.495 e. The monoisotopic (exact) mass is 361 g/mol. The summed E-state index contributed by atoms with van der Waals surface area (Å²) in [6.07, 6.45) is 4.38. The molecule has 0 aliphatic rings. The van der Waals surface area contributed by atoms with Gasteiger partial charge < -0.3 is 15.5 Å². The van der Waals surface area contributed by atoms with Crippen molar-refractivity contribution >= 4 is 45.6 Å². The van der Waals surface area contributed by atoms with Crippen molar-refractivity contribution in [3.05, 3.63) is 64.0 Å². The highest BCUT2D eigenvalue weighted by Crippen LogP contribution is 2.33. The van der Waals surface area contributed by atoms with Gasteiger partial charge >= 0.3 is 0 Å². The van der Waals surface area contributed by atoms with Crippen LogP contribution in [0.4, 0.5) is 0 Å². The van der Waals surface area contributed by atoms with Gasteiger partial charge in [-0.1, -0.05) is 35.3 Å². The summed E-state index contributed by atoms with van der Waals surface area (Å²) in [5.41, 5.74) is 7.42. The first-order valence-corrected chi connectivity index (χ1v) is 7.74. The Hall–Kier alpha value is -2.50. The van der Waals surface area contributed by atoms with Crippen molar-refractivity contribution in [1.29, 1.82) is 0 Å². The normalized spacial score (nSPS) is 11.7. The summed E-state index contributed by atoms with van der Waals surface area (Å²) in [6, 6.07) is 6.78. The average Bonchev–Trinajstić information content (AvgIpc) is 3.02. The summed E-state index contributed by atoms with van der Waals surface area (Å²) in [7, 11) is 1.54. The van der Waals surface area contributed by atoms with Gasteiger partial charge in [0, 0.05) is 34.5 Å². The first kappa shape index (κ1) is 16.4. The first-order chi connectivity index (χ1) is 11.6. The number of nitrogens with two attached hydrogens (primary N) is 1. The number of Topliss-reactive ketones (excluding diaryl/α,β-unsaturated/α-hetero) is 1. The van der Waals surface area contributed by atoms with Crippen molar-refractivity contribution < 1.29 is 9.53 Å². The molecule has 0 fully saturated rings. The molecule has 3 N–H and O–H groups in total. The van der Waals surface area contributed by atoms with E-state index >= 15 is 0 Å². The lowest BCUT2D eigenvalue weighted by Gasteiger charge is -2.09. The molecule has 0 bridgehead atoms. The Kier molecular flexibility index (Phi) is 4.46. The summed E-state index contributed by atoms with van der Waals surface area (Å²) >= 11 is 12.3. The number of methoxy groups -OCH3 is 1. The molecule has 0 aliphatic heterocycles. The van der Waals surface area contributed by atoms with E-state index in [4.69, 9.17) is 33.7 Å². The van der Waals surface area contributed by atoms with E-state index in [-0.39, 0.29) is 16.4 Å². The fourth-order valence-electron chi connectivity index (χ4n) is 2.43. The Morgan fingerprint density at radius 3 is 2.83 bits per heavy atom. The van der Waals surface area contributed by atoms with Gasteiger partial charge in [-0.25, -0.2) is 4.98 Å². The van der Waals surface area contributed by atoms with Crippen LogP contribution in [0.5, 0.6) is 5.75 Å². The van der Waals surface area contributed by atoms with Crippen LogP contribution >= 0.6 is 23.2 Å². The second-order valence-electron chi connectivity index (χ2n) is 4.98. The van der Waals surface area contributed by atoms with Gasteiger partial charge in [0.25, 0.3) is 0 Å². The number of aromatic amines is 1. The lowest BCUT2D eigenvalue weighted by atomic mass is 9.97. The van der Waals surface area contributed by atoms with Crippen LogP contribution in [-0.4, -0.2) is 22.9 Å². The molecule has 3 rings (SSSR count). The zero-order chi connectivity index (χ0) is 17.3. The van der Waals surface area contributed by atoms with Gasteiger partial charge in [0.05, 0.1) is 23.4 Å². The zero-order valence-corrected chi connectivity index (χ0v) is 14.2. The number of aromatic nitrogens is 2. The Balaban J connectivity index is 2.12. The smallest absolute Gasteiger partial charge is 0.197 e. The maximum atomic E-state index is 13.0. The number of fused-ring (bicyclic) bond motifs is 1. The van der Waals surface area contributed by atoms with E-state index in [2.05, 4.69) is 9.97 Å². The number of ketones is 1. The van der Waals surface area contributed by atoms with Crippen LogP contribution in [0.2, 0.25) is 10.0 Å². The second kappa shape index (κ2) is 6.55. The predicted octanol–water partition coefficient (Wildman–Crippen LogP) is 4.06. The number of rotatable bonds is 4. The molecule has 0 spiro atoms. The molecule has 2 heterocycles. The fraction of sp³-hybridized carbons (Fsp3) is 0.0588. The van der Waals surface area contributed by atoms with Gasteiger partial charge in [-0.2, -0.15) is 0 Å². The third-order valence-electron chi connectivity index (χ3n) is 3.64. The lowest BCUT2D eigenvalue weighted by Crippen LogP contribution is -2.05. The highest BCUT2D eigenvalue weighted by molar-refractivity contribution is 6.45. The standard InChI is InChI=1S/C17H13Cl2N3O2/c1-24-9-5-11-13(8-22-17(11)21-7-9)16(23)12(6-20)10-3-2-4-14(18)15(10)19/h2-8H,20H2,1H3,(H,21,22). The van der Waals surface area contributed by atoms with E-state index in [9.17, 15) is 4.79 Å². The summed E-state index contributed by atoms with van der Waals surface area (Å²) in [5, 5.41) is 1.26. The molecule has 0 saturated heterocycles. The number of nitrogens with one attached hydrogen (secondary N) is 1. The highest BCUT2D eigenvalue weighted by Gasteiger charge is 2.21. The van der Waals surface area contributed by atoms with Gasteiger partial charge in [-0.3, -0.25) is 4.79 Å². The summed E-state index contributed by atoms with van der Waals surface area (Å²) in [4.78, 5) is 20.2. The van der Waals surface area contributed by atoms with Crippen LogP contribution in [0.15, 0.2) is 42.9 Å². The van der Waals surface area contributed by atoms with E-state index in [1.54, 1.807) is 36.7 Å². The van der Waals surface area contributed by atoms with Crippen LogP contribution in [-0.2, 0) is 0 Å². The third kappa shape index (κ3) is 2.72. The number of ether oxygens (including phenoxy) is 1. The SMILES string of the molecule is COc1cnc2[nH]cc(C(=O)C(=CN)c3cccc(Cl)c3Cl)c2c1. The van der Waals surface area contributed by atoms with Gasteiger partial charge in [0.1, 0.15) is 11.4 Å². The minimum absolute atomic E-state index is 0.256. The van der Waals surface area contributed by atoms with E-state index in [0.29, 0.717) is 32.9 Å². The summed E-state index contributed by atoms with van der Waals surface area (Å²) < 4.78 is 5.17. The summed E-state index contributed by atoms with van der Waals surface area (Å²) in [6.45, 7) is 0. The number of nitrogens with zero attached hydrogens (tertiary/aromatic N) is 1. The number of allylic oxidation sites excluding steroid dienone is 1. The molecule has 3 aromatic rings. The van der Waals surface area contributed by atoms with Crippen LogP contribution in [0.25, 0.3) is 16.6 Å². The number of carbonyl (C=O) groups is 1. The van der Waals surface area contributed by atoms with Crippen molar-refractivity contribution in [1.82, 2.24) is 9.97 Å². The van der Waals surface area contributed by atoms with Crippen LogP contribution in [0.3, 0.4) is 0 Å². The van der Waals surface area contributed by atoms with Gasteiger partial charge in [0.15, 0.2) is 5.78 Å². The maximum absolute atomic E-state index is 13.0. The number of halogens is 2. The fourth-order valence-corrected chi connectivity index (χ4v) is 2.83. The molecule has 7 heteroatoms. The summed E-state index contributed by atoms with van der Waals surface area (Å²) in [5.74, 6) is 0.262. The molecule has 0 saturated carbocycles. The van der Waals surface area contributed by atoms with Gasteiger partial charge in [0.2, 0.25) is 0 Å². The van der Waals surface area contributed by atoms with Crippen molar-refractivity contribution in [2.24, 2.45) is 5.73 Å². The van der Waals surface area contributed by atoms with Gasteiger partial charge in [-0.15, -0.1) is 0 Å². The number of hydrogen-bond donors (Lipinski definition) is 2. The van der Waals surface area contributed by atoms with E-state index in [1.165, 1.54) is 13.3 Å². The Bertz CT molecular complexity index is 964. The molecular weight excluding hydrogens is 349 g/mol. The van der Waals surface area contributed by atoms with E-state index in [1.807, 2.05) is 0 Å². The molecule has 0 amide bonds. The van der Waals surface area contributed by atoms with Crippen molar-refractivity contribution in [2.45, 2.75) is 0 Å². The van der Waals surface area contributed by atoms with E-state index < -0.39 is 0 Å². The lowest BCUT2D eigenvalue weighted by molar-refractivity contribution is 0.105. The number of pyridine rings is 1. The zero-order valence-electron chi connectivity index (χ0n) is 12.6. The quantitative estimate of drug-likeness (QED) is 0.542. The molecule has 0 aliphatic carbocycles. The molecule has 1 aromatic carbocycles. The molecule has 24 heavy (non-hydrogen) atoms. The Morgan fingerprint density at radius 1 is 1.33 bits per heavy atom. The number of hydrogen-bond acceptors (Lipinski definition) is 4.